The summed E-state index contributed by atoms with van der Waals surface area (Å²) in [4.78, 5) is 0. The molecule has 0 N–H and O–H groups in total. The van der Waals surface area contributed by atoms with E-state index in [2.05, 4.69) is 11.7 Å². The maximum absolute atomic E-state index is 12.0. The van der Waals surface area contributed by atoms with Gasteiger partial charge < -0.3 is 9.47 Å². The lowest BCUT2D eigenvalue weighted by molar-refractivity contribution is -0.176. The quantitative estimate of drug-likeness (QED) is 0.598. The van der Waals surface area contributed by atoms with Crippen molar-refractivity contribution in [1.82, 2.24) is 0 Å². The Morgan fingerprint density at radius 2 is 1.62 bits per heavy atom. The third-order valence-corrected chi connectivity index (χ3v) is 4.61. The molecule has 0 unspecified atom stereocenters. The Labute approximate surface area is 142 Å². The number of halogens is 3. The van der Waals surface area contributed by atoms with Crippen molar-refractivity contribution in [3.8, 4) is 5.75 Å². The van der Waals surface area contributed by atoms with E-state index in [1.54, 1.807) is 24.3 Å². The molecule has 0 atom stereocenters. The number of hydrogen-bond acceptors (Lipinski definition) is 2. The fourth-order valence-corrected chi connectivity index (χ4v) is 3.28. The molecule has 2 rings (SSSR count). The zero-order valence-corrected chi connectivity index (χ0v) is 14.3. The first-order valence-corrected chi connectivity index (χ1v) is 8.82. The van der Waals surface area contributed by atoms with Crippen LogP contribution in [0.15, 0.2) is 24.3 Å². The Kier molecular flexibility index (Phi) is 7.40. The summed E-state index contributed by atoms with van der Waals surface area (Å²) in [6.07, 6.45) is 3.40. The van der Waals surface area contributed by atoms with Gasteiger partial charge in [0.2, 0.25) is 0 Å². The van der Waals surface area contributed by atoms with Gasteiger partial charge >= 0.3 is 6.18 Å². The van der Waals surface area contributed by atoms with Gasteiger partial charge in [0.15, 0.2) is 0 Å². The first kappa shape index (κ1) is 19.1. The van der Waals surface area contributed by atoms with E-state index in [1.165, 1.54) is 38.5 Å². The Morgan fingerprint density at radius 3 is 2.21 bits per heavy atom. The van der Waals surface area contributed by atoms with Gasteiger partial charge in [0, 0.05) is 0 Å². The highest BCUT2D eigenvalue weighted by Crippen LogP contribution is 2.31. The number of ether oxygens (including phenoxy) is 2. The van der Waals surface area contributed by atoms with E-state index in [9.17, 15) is 13.2 Å². The molecule has 0 saturated heterocycles. The van der Waals surface area contributed by atoms with Crippen LogP contribution in [-0.2, 0) is 11.3 Å². The van der Waals surface area contributed by atoms with Crippen molar-refractivity contribution in [3.05, 3.63) is 29.8 Å². The summed E-state index contributed by atoms with van der Waals surface area (Å²) in [6.45, 7) is 1.71. The van der Waals surface area contributed by atoms with Crippen LogP contribution in [-0.4, -0.2) is 19.4 Å². The summed E-state index contributed by atoms with van der Waals surface area (Å²) in [5.41, 5.74) is 0.715. The zero-order valence-electron chi connectivity index (χ0n) is 14.3. The maximum Gasteiger partial charge on any atom is 0.411 e. The van der Waals surface area contributed by atoms with Crippen LogP contribution >= 0.6 is 0 Å². The fourth-order valence-electron chi connectivity index (χ4n) is 3.28. The summed E-state index contributed by atoms with van der Waals surface area (Å²) in [5, 5.41) is 0. The standard InChI is InChI=1S/C19H27F3O2/c1-2-3-15-4-6-17(7-5-15)13-24-18-10-8-16(9-11-18)12-23-14-19(20,21)22/h8-11,15,17H,2-7,12-14H2,1H3. The predicted octanol–water partition coefficient (Wildman–Crippen LogP) is 5.75. The molecule has 0 aliphatic heterocycles. The number of hydrogen-bond donors (Lipinski definition) is 0. The van der Waals surface area contributed by atoms with Gasteiger partial charge in [0.1, 0.15) is 12.4 Å². The van der Waals surface area contributed by atoms with Crippen LogP contribution in [0, 0.1) is 11.8 Å². The van der Waals surface area contributed by atoms with Gasteiger partial charge in [-0.25, -0.2) is 0 Å². The monoisotopic (exact) mass is 344 g/mol. The van der Waals surface area contributed by atoms with Crippen LogP contribution in [0.2, 0.25) is 0 Å². The van der Waals surface area contributed by atoms with Gasteiger partial charge in [-0.15, -0.1) is 0 Å². The van der Waals surface area contributed by atoms with E-state index in [1.807, 2.05) is 0 Å². The van der Waals surface area contributed by atoms with E-state index in [-0.39, 0.29) is 6.61 Å². The third kappa shape index (κ3) is 7.12. The second-order valence-electron chi connectivity index (χ2n) is 6.74. The van der Waals surface area contributed by atoms with Gasteiger partial charge in [0.05, 0.1) is 13.2 Å². The zero-order chi connectivity index (χ0) is 17.4. The minimum absolute atomic E-state index is 0.0404. The topological polar surface area (TPSA) is 18.5 Å². The van der Waals surface area contributed by atoms with Crippen molar-refractivity contribution in [2.45, 2.75) is 58.2 Å². The Morgan fingerprint density at radius 1 is 1.00 bits per heavy atom. The molecule has 0 amide bonds. The summed E-state index contributed by atoms with van der Waals surface area (Å²) in [5.74, 6) is 2.28. The molecule has 136 valence electrons. The number of benzene rings is 1. The third-order valence-electron chi connectivity index (χ3n) is 4.61. The second kappa shape index (κ2) is 9.30. The summed E-state index contributed by atoms with van der Waals surface area (Å²) < 4.78 is 46.5. The van der Waals surface area contributed by atoms with E-state index < -0.39 is 12.8 Å². The van der Waals surface area contributed by atoms with Gasteiger partial charge in [-0.2, -0.15) is 13.2 Å². The largest absolute Gasteiger partial charge is 0.493 e. The smallest absolute Gasteiger partial charge is 0.411 e. The average Bonchev–Trinajstić information content (AvgIpc) is 2.55. The van der Waals surface area contributed by atoms with Crippen LogP contribution in [0.3, 0.4) is 0 Å². The molecule has 0 bridgehead atoms. The lowest BCUT2D eigenvalue weighted by atomic mass is 9.80. The van der Waals surface area contributed by atoms with Crippen LogP contribution < -0.4 is 4.74 Å². The van der Waals surface area contributed by atoms with Gasteiger partial charge in [-0.05, 0) is 42.4 Å². The van der Waals surface area contributed by atoms with E-state index in [0.29, 0.717) is 11.5 Å². The van der Waals surface area contributed by atoms with E-state index >= 15 is 0 Å². The highest BCUT2D eigenvalue weighted by molar-refractivity contribution is 5.26. The minimum Gasteiger partial charge on any atom is -0.493 e. The molecule has 1 aliphatic carbocycles. The summed E-state index contributed by atoms with van der Waals surface area (Å²) in [7, 11) is 0. The van der Waals surface area contributed by atoms with Crippen molar-refractivity contribution in [2.75, 3.05) is 13.2 Å². The summed E-state index contributed by atoms with van der Waals surface area (Å²) >= 11 is 0. The van der Waals surface area contributed by atoms with Crippen LogP contribution in [0.5, 0.6) is 5.75 Å². The Bertz CT molecular complexity index is 462. The van der Waals surface area contributed by atoms with Crippen LogP contribution in [0.25, 0.3) is 0 Å². The number of alkyl halides is 3. The molecular weight excluding hydrogens is 317 g/mol. The predicted molar refractivity (Wildman–Crippen MR) is 88.0 cm³/mol. The normalized spacial score (nSPS) is 21.7. The number of rotatable bonds is 8. The molecule has 0 aromatic heterocycles. The fraction of sp³-hybridized carbons (Fsp3) is 0.684. The van der Waals surface area contributed by atoms with Crippen LogP contribution in [0.1, 0.15) is 51.0 Å². The summed E-state index contributed by atoms with van der Waals surface area (Å²) in [6, 6.07) is 7.11. The molecular formula is C19H27F3O2. The van der Waals surface area contributed by atoms with Crippen molar-refractivity contribution in [3.63, 3.8) is 0 Å². The highest BCUT2D eigenvalue weighted by atomic mass is 19.4. The molecule has 2 nitrogen and oxygen atoms in total. The van der Waals surface area contributed by atoms with E-state index in [4.69, 9.17) is 4.74 Å². The average molecular weight is 344 g/mol. The lowest BCUT2D eigenvalue weighted by Crippen LogP contribution is -2.20. The SMILES string of the molecule is CCCC1CCC(COc2ccc(COCC(F)(F)F)cc2)CC1. The van der Waals surface area contributed by atoms with Crippen molar-refractivity contribution < 1.29 is 22.6 Å². The second-order valence-corrected chi connectivity index (χ2v) is 6.74. The maximum atomic E-state index is 12.0. The van der Waals surface area contributed by atoms with Gasteiger partial charge in [-0.3, -0.25) is 0 Å². The molecule has 1 aromatic rings. The first-order valence-electron chi connectivity index (χ1n) is 8.82. The lowest BCUT2D eigenvalue weighted by Gasteiger charge is -2.28. The molecule has 1 saturated carbocycles. The van der Waals surface area contributed by atoms with Crippen molar-refractivity contribution in [2.24, 2.45) is 11.8 Å². The minimum atomic E-state index is -4.28. The Balaban J connectivity index is 1.67. The molecule has 1 aromatic carbocycles. The van der Waals surface area contributed by atoms with Crippen molar-refractivity contribution >= 4 is 0 Å². The molecule has 0 spiro atoms. The molecule has 5 heteroatoms. The van der Waals surface area contributed by atoms with Gasteiger partial charge in [0.25, 0.3) is 0 Å². The molecule has 1 fully saturated rings. The molecule has 24 heavy (non-hydrogen) atoms. The Hall–Kier alpha value is -1.23. The van der Waals surface area contributed by atoms with Gasteiger partial charge in [-0.1, -0.05) is 44.7 Å². The van der Waals surface area contributed by atoms with Crippen LogP contribution in [0.4, 0.5) is 13.2 Å². The first-order chi connectivity index (χ1) is 11.5. The highest BCUT2D eigenvalue weighted by Gasteiger charge is 2.27. The molecule has 0 radical (unpaired) electrons. The van der Waals surface area contributed by atoms with Crippen molar-refractivity contribution in [1.29, 1.82) is 0 Å². The van der Waals surface area contributed by atoms with E-state index in [0.717, 1.165) is 18.3 Å². The molecule has 1 aliphatic rings. The molecule has 0 heterocycles.